The molecular formula is C21H27N3O10S. The van der Waals surface area contributed by atoms with Crippen LogP contribution in [0.1, 0.15) is 33.3 Å². The van der Waals surface area contributed by atoms with Crippen molar-refractivity contribution in [3.8, 4) is 0 Å². The van der Waals surface area contributed by atoms with Crippen LogP contribution in [-0.4, -0.2) is 77.9 Å². The monoisotopic (exact) mass is 513 g/mol. The van der Waals surface area contributed by atoms with Gasteiger partial charge in [-0.1, -0.05) is 11.8 Å². The highest BCUT2D eigenvalue weighted by atomic mass is 32.2. The number of hydrogen-bond donors (Lipinski definition) is 2. The largest absolute Gasteiger partial charge is 0.463 e. The summed E-state index contributed by atoms with van der Waals surface area (Å²) in [4.78, 5) is 66.4. The van der Waals surface area contributed by atoms with E-state index in [-0.39, 0.29) is 29.8 Å². The molecule has 1 fully saturated rings. The molecule has 1 aromatic heterocycles. The Labute approximate surface area is 204 Å². The molecule has 13 nitrogen and oxygen atoms in total. The summed E-state index contributed by atoms with van der Waals surface area (Å²) in [6.07, 6.45) is -0.767. The number of nitrogens with one attached hydrogen (secondary N) is 2. The van der Waals surface area contributed by atoms with Crippen LogP contribution >= 0.6 is 11.8 Å². The van der Waals surface area contributed by atoms with Gasteiger partial charge in [0.15, 0.2) is 29.7 Å². The predicted octanol–water partition coefficient (Wildman–Crippen LogP) is 0.631. The molecule has 1 saturated heterocycles. The smallest absolute Gasteiger partial charge is 0.330 e. The molecule has 0 saturated carbocycles. The van der Waals surface area contributed by atoms with Crippen molar-refractivity contribution in [2.75, 3.05) is 24.8 Å². The molecule has 2 N–H and O–H groups in total. The third kappa shape index (κ3) is 8.10. The number of aromatic amines is 1. The Morgan fingerprint density at radius 2 is 1.74 bits per heavy atom. The lowest BCUT2D eigenvalue weighted by molar-refractivity contribution is -0.221. The molecule has 4 atom stereocenters. The summed E-state index contributed by atoms with van der Waals surface area (Å²) in [5.41, 5.74) is -0.603. The molecular weight excluding hydrogens is 486 g/mol. The summed E-state index contributed by atoms with van der Waals surface area (Å²) in [5.74, 6) is -2.76. The van der Waals surface area contributed by atoms with Crippen LogP contribution in [0.5, 0.6) is 0 Å². The molecule has 0 bridgehead atoms. The zero-order valence-corrected chi connectivity index (χ0v) is 20.6. The fraction of sp³-hybridized carbons (Fsp3) is 0.524. The minimum absolute atomic E-state index is 0.00619. The zero-order chi connectivity index (χ0) is 26.1. The first kappa shape index (κ1) is 27.9. The number of anilines is 1. The second-order valence-corrected chi connectivity index (χ2v) is 7.91. The number of carbonyl (C=O) groups is 4. The summed E-state index contributed by atoms with van der Waals surface area (Å²) < 4.78 is 26.4. The lowest BCUT2D eigenvalue weighted by Gasteiger charge is -2.40. The number of rotatable bonds is 9. The molecule has 1 aliphatic rings. The summed E-state index contributed by atoms with van der Waals surface area (Å²) in [7, 11) is 0. The van der Waals surface area contributed by atoms with Gasteiger partial charge in [-0.15, -0.1) is 0 Å². The van der Waals surface area contributed by atoms with Gasteiger partial charge in [0, 0.05) is 26.8 Å². The predicted molar refractivity (Wildman–Crippen MR) is 122 cm³/mol. The van der Waals surface area contributed by atoms with Gasteiger partial charge in [-0.25, -0.2) is 9.78 Å². The van der Waals surface area contributed by atoms with Crippen molar-refractivity contribution >= 4 is 47.5 Å². The van der Waals surface area contributed by atoms with Gasteiger partial charge in [-0.05, 0) is 19.3 Å². The SMILES string of the molecule is CCOC(=O)/C=C/c1c(NC2OCC(OC(C)=O)C(OC(C)=O)C2OC(C)=O)nc(SC)[nH]c1=O. The van der Waals surface area contributed by atoms with E-state index in [2.05, 4.69) is 15.3 Å². The molecule has 14 heteroatoms. The summed E-state index contributed by atoms with van der Waals surface area (Å²) in [6.45, 7) is 5.02. The number of carbonyl (C=O) groups excluding carboxylic acids is 4. The molecule has 2 rings (SSSR count). The van der Waals surface area contributed by atoms with E-state index in [0.29, 0.717) is 0 Å². The summed E-state index contributed by atoms with van der Waals surface area (Å²) >= 11 is 1.15. The number of aromatic nitrogens is 2. The van der Waals surface area contributed by atoms with Gasteiger partial charge < -0.3 is 34.0 Å². The average molecular weight is 514 g/mol. The number of H-pyrrole nitrogens is 1. The average Bonchev–Trinajstić information content (AvgIpc) is 2.76. The van der Waals surface area contributed by atoms with Gasteiger partial charge in [0.05, 0.1) is 18.8 Å². The molecule has 1 aromatic rings. The Balaban J connectivity index is 2.48. The minimum atomic E-state index is -1.28. The number of thioether (sulfide) groups is 1. The lowest BCUT2D eigenvalue weighted by Crippen LogP contribution is -2.59. The van der Waals surface area contributed by atoms with Crippen LogP contribution in [0.4, 0.5) is 5.82 Å². The van der Waals surface area contributed by atoms with Crippen LogP contribution in [0.2, 0.25) is 0 Å². The number of hydrogen-bond acceptors (Lipinski definition) is 13. The normalized spacial score (nSPS) is 21.7. The fourth-order valence-corrected chi connectivity index (χ4v) is 3.54. The van der Waals surface area contributed by atoms with E-state index in [1.807, 2.05) is 0 Å². The minimum Gasteiger partial charge on any atom is -0.463 e. The molecule has 0 aromatic carbocycles. The van der Waals surface area contributed by atoms with Crippen molar-refractivity contribution in [1.82, 2.24) is 9.97 Å². The van der Waals surface area contributed by atoms with Crippen molar-refractivity contribution < 1.29 is 42.9 Å². The maximum Gasteiger partial charge on any atom is 0.330 e. The van der Waals surface area contributed by atoms with Crippen molar-refractivity contribution in [3.63, 3.8) is 0 Å². The van der Waals surface area contributed by atoms with Gasteiger partial charge in [0.25, 0.3) is 5.56 Å². The van der Waals surface area contributed by atoms with Crippen LogP contribution in [0.25, 0.3) is 6.08 Å². The summed E-state index contributed by atoms with van der Waals surface area (Å²) in [6, 6.07) is 0. The van der Waals surface area contributed by atoms with E-state index in [1.54, 1.807) is 13.2 Å². The van der Waals surface area contributed by atoms with E-state index in [9.17, 15) is 24.0 Å². The van der Waals surface area contributed by atoms with Crippen LogP contribution < -0.4 is 10.9 Å². The number of ether oxygens (including phenoxy) is 5. The molecule has 192 valence electrons. The van der Waals surface area contributed by atoms with Gasteiger partial charge >= 0.3 is 23.9 Å². The standard InChI is InChI=1S/C21H27N3O10S/c1-6-30-15(28)8-7-13-18(23-21(35-5)24-19(13)29)22-20-17(34-12(4)27)16(33-11(3)26)14(9-31-20)32-10(2)25/h7-8,14,16-17,20H,6,9H2,1-5H3,(H2,22,23,24,29)/b8-7+. The molecule has 2 heterocycles. The second-order valence-electron chi connectivity index (χ2n) is 7.12. The Morgan fingerprint density at radius 3 is 2.31 bits per heavy atom. The first-order valence-corrected chi connectivity index (χ1v) is 11.7. The van der Waals surface area contributed by atoms with Crippen molar-refractivity contribution in [3.05, 3.63) is 22.0 Å². The molecule has 0 amide bonds. The van der Waals surface area contributed by atoms with Crippen LogP contribution in [0.3, 0.4) is 0 Å². The molecule has 0 radical (unpaired) electrons. The second kappa shape index (κ2) is 12.9. The van der Waals surface area contributed by atoms with Crippen LogP contribution in [0, 0.1) is 0 Å². The van der Waals surface area contributed by atoms with E-state index in [4.69, 9.17) is 23.7 Å². The highest BCUT2D eigenvalue weighted by molar-refractivity contribution is 7.98. The number of esters is 4. The first-order valence-electron chi connectivity index (χ1n) is 10.5. The lowest BCUT2D eigenvalue weighted by atomic mass is 10.0. The van der Waals surface area contributed by atoms with Gasteiger partial charge in [-0.2, -0.15) is 0 Å². The molecule has 0 aliphatic carbocycles. The van der Waals surface area contributed by atoms with E-state index in [0.717, 1.165) is 31.7 Å². The Kier molecular flexibility index (Phi) is 10.3. The van der Waals surface area contributed by atoms with Crippen LogP contribution in [0.15, 0.2) is 16.0 Å². The number of nitrogens with zero attached hydrogens (tertiary/aromatic N) is 1. The Bertz CT molecular complexity index is 1040. The quantitative estimate of drug-likeness (QED) is 0.155. The molecule has 35 heavy (non-hydrogen) atoms. The molecule has 1 aliphatic heterocycles. The van der Waals surface area contributed by atoms with E-state index < -0.39 is 54.0 Å². The Hall–Kier alpha value is -3.39. The first-order chi connectivity index (χ1) is 16.5. The third-order valence-corrected chi connectivity index (χ3v) is 5.01. The maximum atomic E-state index is 12.7. The van der Waals surface area contributed by atoms with Gasteiger partial charge in [0.2, 0.25) is 0 Å². The van der Waals surface area contributed by atoms with Crippen molar-refractivity contribution in [2.24, 2.45) is 0 Å². The van der Waals surface area contributed by atoms with Gasteiger partial charge in [-0.3, -0.25) is 19.2 Å². The zero-order valence-electron chi connectivity index (χ0n) is 19.8. The molecule has 0 spiro atoms. The Morgan fingerprint density at radius 1 is 1.11 bits per heavy atom. The van der Waals surface area contributed by atoms with Gasteiger partial charge in [0.1, 0.15) is 5.82 Å². The van der Waals surface area contributed by atoms with E-state index >= 15 is 0 Å². The fourth-order valence-electron chi connectivity index (χ4n) is 3.16. The topological polar surface area (TPSA) is 172 Å². The van der Waals surface area contributed by atoms with Crippen molar-refractivity contribution in [2.45, 2.75) is 57.4 Å². The highest BCUT2D eigenvalue weighted by Crippen LogP contribution is 2.26. The third-order valence-electron chi connectivity index (χ3n) is 4.43. The molecule has 4 unspecified atom stereocenters. The summed E-state index contributed by atoms with van der Waals surface area (Å²) in [5, 5.41) is 3.12. The van der Waals surface area contributed by atoms with E-state index in [1.165, 1.54) is 13.0 Å². The highest BCUT2D eigenvalue weighted by Gasteiger charge is 2.47. The van der Waals surface area contributed by atoms with Crippen LogP contribution in [-0.2, 0) is 42.9 Å². The maximum absolute atomic E-state index is 12.7. The van der Waals surface area contributed by atoms with Crippen molar-refractivity contribution in [1.29, 1.82) is 0 Å².